The first kappa shape index (κ1) is 13.0. The van der Waals surface area contributed by atoms with Crippen molar-refractivity contribution in [1.82, 2.24) is 29.8 Å². The lowest BCUT2D eigenvalue weighted by Crippen LogP contribution is -2.04. The number of thioether (sulfide) groups is 1. The van der Waals surface area contributed by atoms with Gasteiger partial charge < -0.3 is 9.72 Å². The molecule has 0 aliphatic rings. The minimum absolute atomic E-state index is 0.144. The Morgan fingerprint density at radius 2 is 2.23 bits per heavy atom. The molecular weight excluding hydrogens is 304 g/mol. The highest BCUT2D eigenvalue weighted by Gasteiger charge is 2.14. The van der Waals surface area contributed by atoms with Crippen molar-refractivity contribution in [2.24, 2.45) is 0 Å². The fourth-order valence-electron chi connectivity index (χ4n) is 2.18. The number of para-hydroxylation sites is 1. The van der Waals surface area contributed by atoms with Crippen molar-refractivity contribution in [3.63, 3.8) is 0 Å². The van der Waals surface area contributed by atoms with Crippen LogP contribution in [-0.4, -0.2) is 48.6 Å². The maximum atomic E-state index is 11.2. The second-order valence-electron chi connectivity index (χ2n) is 4.54. The van der Waals surface area contributed by atoms with Crippen LogP contribution in [0.2, 0.25) is 0 Å². The minimum atomic E-state index is -0.331. The van der Waals surface area contributed by atoms with E-state index in [9.17, 15) is 4.79 Å². The molecule has 110 valence electrons. The van der Waals surface area contributed by atoms with Crippen molar-refractivity contribution in [3.8, 4) is 0 Å². The summed E-state index contributed by atoms with van der Waals surface area (Å²) in [7, 11) is 1.35. The Hall–Kier alpha value is -2.68. The van der Waals surface area contributed by atoms with Gasteiger partial charge in [-0.15, -0.1) is 10.2 Å². The van der Waals surface area contributed by atoms with Gasteiger partial charge in [0.05, 0.1) is 12.9 Å². The molecule has 4 aromatic rings. The third kappa shape index (κ3) is 1.98. The van der Waals surface area contributed by atoms with Crippen LogP contribution in [0.5, 0.6) is 0 Å². The summed E-state index contributed by atoms with van der Waals surface area (Å²) in [6.07, 6.45) is 0. The van der Waals surface area contributed by atoms with Gasteiger partial charge in [0.2, 0.25) is 5.16 Å². The number of H-pyrrole nitrogens is 1. The Labute approximate surface area is 127 Å². The number of esters is 1. The van der Waals surface area contributed by atoms with Gasteiger partial charge in [-0.1, -0.05) is 30.0 Å². The van der Waals surface area contributed by atoms with Crippen LogP contribution in [0, 0.1) is 0 Å². The number of carbonyl (C=O) groups is 1. The predicted molar refractivity (Wildman–Crippen MR) is 80.7 cm³/mol. The second kappa shape index (κ2) is 4.95. The largest absolute Gasteiger partial charge is 0.468 e. The number of nitrogens with one attached hydrogen (secondary N) is 1. The van der Waals surface area contributed by atoms with Gasteiger partial charge >= 0.3 is 5.97 Å². The van der Waals surface area contributed by atoms with Crippen LogP contribution >= 0.6 is 11.8 Å². The molecule has 4 rings (SSSR count). The van der Waals surface area contributed by atoms with E-state index in [2.05, 4.69) is 30.0 Å². The van der Waals surface area contributed by atoms with Gasteiger partial charge in [0.25, 0.3) is 5.78 Å². The van der Waals surface area contributed by atoms with Crippen molar-refractivity contribution < 1.29 is 9.53 Å². The molecule has 0 amide bonds. The van der Waals surface area contributed by atoms with Crippen molar-refractivity contribution in [2.75, 3.05) is 12.9 Å². The molecule has 1 aromatic carbocycles. The molecule has 22 heavy (non-hydrogen) atoms. The molecule has 8 nitrogen and oxygen atoms in total. The van der Waals surface area contributed by atoms with Crippen LogP contribution in [-0.2, 0) is 9.53 Å². The molecule has 0 unspecified atom stereocenters. The summed E-state index contributed by atoms with van der Waals surface area (Å²) in [6.45, 7) is 0. The third-order valence-corrected chi connectivity index (χ3v) is 4.11. The summed E-state index contributed by atoms with van der Waals surface area (Å²) < 4.78 is 6.16. The van der Waals surface area contributed by atoms with E-state index >= 15 is 0 Å². The maximum absolute atomic E-state index is 11.2. The van der Waals surface area contributed by atoms with E-state index in [1.54, 1.807) is 0 Å². The summed E-state index contributed by atoms with van der Waals surface area (Å²) in [5.41, 5.74) is 2.36. The molecule has 0 saturated heterocycles. The van der Waals surface area contributed by atoms with E-state index in [1.807, 2.05) is 24.3 Å². The van der Waals surface area contributed by atoms with Crippen LogP contribution in [0.4, 0.5) is 0 Å². The van der Waals surface area contributed by atoms with Crippen LogP contribution in [0.15, 0.2) is 29.4 Å². The molecule has 1 N–H and O–H groups in total. The Bertz CT molecular complexity index is 1010. The summed E-state index contributed by atoms with van der Waals surface area (Å²) in [5, 5.41) is 14.0. The number of hydrogen-bond acceptors (Lipinski definition) is 7. The van der Waals surface area contributed by atoms with Crippen LogP contribution in [0.3, 0.4) is 0 Å². The molecule has 0 atom stereocenters. The maximum Gasteiger partial charge on any atom is 0.316 e. The zero-order chi connectivity index (χ0) is 15.1. The van der Waals surface area contributed by atoms with Crippen molar-refractivity contribution in [3.05, 3.63) is 24.3 Å². The normalized spacial score (nSPS) is 11.5. The predicted octanol–water partition coefficient (Wildman–Crippen LogP) is 1.42. The highest BCUT2D eigenvalue weighted by molar-refractivity contribution is 7.99. The van der Waals surface area contributed by atoms with Gasteiger partial charge in [-0.2, -0.15) is 14.6 Å². The molecule has 3 aromatic heterocycles. The standard InChI is InChI=1S/C13H10N6O2S/c1-21-9(20)6-22-13-17-16-12-15-11-10(18-19(12)13)7-4-2-3-5-8(7)14-11/h2-5H,6H2,1H3,(H,14,15,16). The number of benzene rings is 1. The van der Waals surface area contributed by atoms with Gasteiger partial charge in [-0.05, 0) is 6.07 Å². The van der Waals surface area contributed by atoms with Gasteiger partial charge in [-0.3, -0.25) is 4.79 Å². The second-order valence-corrected chi connectivity index (χ2v) is 5.48. The summed E-state index contributed by atoms with van der Waals surface area (Å²) in [5.74, 6) is 0.194. The molecule has 0 aliphatic carbocycles. The summed E-state index contributed by atoms with van der Waals surface area (Å²) in [4.78, 5) is 18.9. The average molecular weight is 314 g/mol. The molecule has 0 fully saturated rings. The number of aromatic amines is 1. The summed E-state index contributed by atoms with van der Waals surface area (Å²) in [6, 6.07) is 7.83. The number of hydrogen-bond donors (Lipinski definition) is 1. The zero-order valence-electron chi connectivity index (χ0n) is 11.5. The lowest BCUT2D eigenvalue weighted by atomic mass is 10.2. The number of nitrogens with zero attached hydrogens (tertiary/aromatic N) is 5. The van der Waals surface area contributed by atoms with Crippen LogP contribution in [0.1, 0.15) is 0 Å². The molecule has 3 heterocycles. The first-order valence-corrected chi connectivity index (χ1v) is 7.44. The van der Waals surface area contributed by atoms with E-state index in [1.165, 1.54) is 23.4 Å². The van der Waals surface area contributed by atoms with E-state index in [0.29, 0.717) is 16.6 Å². The van der Waals surface area contributed by atoms with Gasteiger partial charge in [-0.25, -0.2) is 0 Å². The Morgan fingerprint density at radius 3 is 3.09 bits per heavy atom. The van der Waals surface area contributed by atoms with Crippen molar-refractivity contribution in [2.45, 2.75) is 5.16 Å². The van der Waals surface area contributed by atoms with E-state index in [-0.39, 0.29) is 11.7 Å². The lowest BCUT2D eigenvalue weighted by Gasteiger charge is -1.98. The first-order chi connectivity index (χ1) is 10.8. The highest BCUT2D eigenvalue weighted by atomic mass is 32.2. The molecule has 0 bridgehead atoms. The molecule has 0 aliphatic heterocycles. The van der Waals surface area contributed by atoms with E-state index in [0.717, 1.165) is 16.4 Å². The quantitative estimate of drug-likeness (QED) is 0.451. The highest BCUT2D eigenvalue weighted by Crippen LogP contribution is 2.23. The number of ether oxygens (including phenoxy) is 1. The fraction of sp³-hybridized carbons (Fsp3) is 0.154. The van der Waals surface area contributed by atoms with E-state index in [4.69, 9.17) is 0 Å². The SMILES string of the molecule is COC(=O)CSc1nnc2nc3[nH]c4ccccc4c3nn12. The molecule has 0 spiro atoms. The topological polar surface area (TPSA) is 98.1 Å². The number of carbonyl (C=O) groups excluding carboxylic acids is 1. The molecule has 0 radical (unpaired) electrons. The van der Waals surface area contributed by atoms with Crippen molar-refractivity contribution in [1.29, 1.82) is 0 Å². The fourth-order valence-corrected chi connectivity index (χ4v) is 2.89. The van der Waals surface area contributed by atoms with E-state index < -0.39 is 0 Å². The number of fused-ring (bicyclic) bond motifs is 4. The number of aromatic nitrogens is 6. The van der Waals surface area contributed by atoms with Crippen LogP contribution in [0.25, 0.3) is 27.8 Å². The Balaban J connectivity index is 1.86. The van der Waals surface area contributed by atoms with Gasteiger partial charge in [0, 0.05) is 10.9 Å². The zero-order valence-corrected chi connectivity index (χ0v) is 12.3. The number of rotatable bonds is 3. The minimum Gasteiger partial charge on any atom is -0.468 e. The van der Waals surface area contributed by atoms with Crippen molar-refractivity contribution >= 4 is 45.6 Å². The molecule has 0 saturated carbocycles. The Kier molecular flexibility index (Phi) is 2.93. The average Bonchev–Trinajstić information content (AvgIpc) is 3.11. The van der Waals surface area contributed by atoms with Gasteiger partial charge in [0.15, 0.2) is 5.65 Å². The first-order valence-electron chi connectivity index (χ1n) is 6.46. The lowest BCUT2D eigenvalue weighted by molar-refractivity contribution is -0.137. The summed E-state index contributed by atoms with van der Waals surface area (Å²) >= 11 is 1.21. The van der Waals surface area contributed by atoms with Gasteiger partial charge in [0.1, 0.15) is 5.52 Å². The molecular formula is C13H10N6O2S. The molecule has 9 heteroatoms. The monoisotopic (exact) mass is 314 g/mol. The third-order valence-electron chi connectivity index (χ3n) is 3.21. The Morgan fingerprint density at radius 1 is 1.36 bits per heavy atom. The number of methoxy groups -OCH3 is 1. The van der Waals surface area contributed by atoms with Crippen LogP contribution < -0.4 is 0 Å². The smallest absolute Gasteiger partial charge is 0.316 e.